The van der Waals surface area contributed by atoms with E-state index >= 15 is 0 Å². The Morgan fingerprint density at radius 1 is 1.25 bits per heavy atom. The van der Waals surface area contributed by atoms with Crippen molar-refractivity contribution >= 4 is 5.69 Å². The summed E-state index contributed by atoms with van der Waals surface area (Å²) in [5, 5.41) is 3.62. The Bertz CT molecular complexity index is 400. The summed E-state index contributed by atoms with van der Waals surface area (Å²) in [5.74, 6) is 0.954. The lowest BCUT2D eigenvalue weighted by atomic mass is 9.93. The maximum atomic E-state index is 5.87. The second-order valence-corrected chi connectivity index (χ2v) is 5.72. The van der Waals surface area contributed by atoms with E-state index in [9.17, 15) is 0 Å². The molecule has 1 aliphatic rings. The van der Waals surface area contributed by atoms with Gasteiger partial charge >= 0.3 is 0 Å². The second-order valence-electron chi connectivity index (χ2n) is 5.72. The van der Waals surface area contributed by atoms with Gasteiger partial charge in [-0.3, -0.25) is 0 Å². The van der Waals surface area contributed by atoms with Gasteiger partial charge in [0.05, 0.1) is 12.2 Å². The van der Waals surface area contributed by atoms with Gasteiger partial charge in [-0.1, -0.05) is 13.0 Å². The smallest absolute Gasteiger partial charge is 0.121 e. The van der Waals surface area contributed by atoms with Crippen LogP contribution < -0.4 is 10.1 Å². The van der Waals surface area contributed by atoms with Crippen molar-refractivity contribution in [3.05, 3.63) is 24.3 Å². The van der Waals surface area contributed by atoms with Crippen LogP contribution in [0.4, 0.5) is 5.69 Å². The number of anilines is 1. The van der Waals surface area contributed by atoms with E-state index in [-0.39, 0.29) is 6.10 Å². The normalized spacial score (nSPS) is 24.1. The van der Waals surface area contributed by atoms with Gasteiger partial charge in [0.1, 0.15) is 5.75 Å². The third kappa shape index (κ3) is 4.41. The molecule has 1 aliphatic carbocycles. The summed E-state index contributed by atoms with van der Waals surface area (Å²) in [4.78, 5) is 0. The summed E-state index contributed by atoms with van der Waals surface area (Å²) >= 11 is 0. The van der Waals surface area contributed by atoms with Crippen LogP contribution >= 0.6 is 0 Å². The number of hydrogen-bond acceptors (Lipinski definition) is 3. The molecule has 1 saturated carbocycles. The summed E-state index contributed by atoms with van der Waals surface area (Å²) in [5.41, 5.74) is 1.16. The van der Waals surface area contributed by atoms with E-state index in [1.54, 1.807) is 0 Å². The fourth-order valence-electron chi connectivity index (χ4n) is 2.65. The van der Waals surface area contributed by atoms with E-state index in [0.29, 0.717) is 12.1 Å². The largest absolute Gasteiger partial charge is 0.491 e. The molecule has 0 spiro atoms. The van der Waals surface area contributed by atoms with Crippen molar-refractivity contribution in [2.45, 2.75) is 64.2 Å². The van der Waals surface area contributed by atoms with Gasteiger partial charge in [-0.15, -0.1) is 0 Å². The summed E-state index contributed by atoms with van der Waals surface area (Å²) in [6, 6.07) is 8.86. The highest BCUT2D eigenvalue weighted by Crippen LogP contribution is 2.25. The Labute approximate surface area is 122 Å². The minimum atomic E-state index is 0.266. The van der Waals surface area contributed by atoms with Crippen molar-refractivity contribution < 1.29 is 9.47 Å². The molecular formula is C17H27NO2. The fourth-order valence-corrected chi connectivity index (χ4v) is 2.65. The number of rotatable bonds is 6. The molecule has 0 aliphatic heterocycles. The van der Waals surface area contributed by atoms with E-state index in [2.05, 4.69) is 37.4 Å². The second kappa shape index (κ2) is 7.53. The zero-order valence-electron chi connectivity index (χ0n) is 12.9. The zero-order chi connectivity index (χ0) is 14.4. The van der Waals surface area contributed by atoms with Gasteiger partial charge < -0.3 is 14.8 Å². The predicted molar refractivity (Wildman–Crippen MR) is 83.5 cm³/mol. The maximum Gasteiger partial charge on any atom is 0.121 e. The van der Waals surface area contributed by atoms with Gasteiger partial charge in [0.25, 0.3) is 0 Å². The molecule has 1 atom stereocenters. The Kier molecular flexibility index (Phi) is 5.72. The average molecular weight is 277 g/mol. The van der Waals surface area contributed by atoms with Crippen molar-refractivity contribution in [2.75, 3.05) is 12.4 Å². The lowest BCUT2D eigenvalue weighted by Crippen LogP contribution is -2.29. The van der Waals surface area contributed by atoms with Crippen molar-refractivity contribution in [2.24, 2.45) is 0 Å². The first-order valence-electron chi connectivity index (χ1n) is 7.77. The standard InChI is InChI=1S/C17H27NO2/c1-4-13(2)20-17-7-5-6-15(12-17)18-14-8-10-16(19-3)11-9-14/h5-7,12-14,16,18H,4,8-11H2,1-3H3. The lowest BCUT2D eigenvalue weighted by Gasteiger charge is -2.29. The minimum absolute atomic E-state index is 0.266. The van der Waals surface area contributed by atoms with Crippen LogP contribution in [0.1, 0.15) is 46.0 Å². The van der Waals surface area contributed by atoms with Crippen molar-refractivity contribution in [3.8, 4) is 5.75 Å². The molecule has 3 heteroatoms. The van der Waals surface area contributed by atoms with Crippen LogP contribution in [0.25, 0.3) is 0 Å². The number of nitrogens with one attached hydrogen (secondary N) is 1. The van der Waals surface area contributed by atoms with E-state index in [1.165, 1.54) is 12.8 Å². The van der Waals surface area contributed by atoms with E-state index in [1.807, 2.05) is 13.2 Å². The van der Waals surface area contributed by atoms with Crippen LogP contribution in [0.5, 0.6) is 5.75 Å². The van der Waals surface area contributed by atoms with Crippen LogP contribution in [-0.2, 0) is 4.74 Å². The number of methoxy groups -OCH3 is 1. The number of benzene rings is 1. The third-order valence-electron chi connectivity index (χ3n) is 4.12. The summed E-state index contributed by atoms with van der Waals surface area (Å²) in [6.45, 7) is 4.24. The van der Waals surface area contributed by atoms with Gasteiger partial charge in [-0.05, 0) is 51.2 Å². The minimum Gasteiger partial charge on any atom is -0.491 e. The van der Waals surface area contributed by atoms with Gasteiger partial charge in [-0.25, -0.2) is 0 Å². The van der Waals surface area contributed by atoms with E-state index < -0.39 is 0 Å². The maximum absolute atomic E-state index is 5.87. The van der Waals surface area contributed by atoms with Gasteiger partial charge in [0, 0.05) is 24.9 Å². The highest BCUT2D eigenvalue weighted by molar-refractivity contribution is 5.49. The molecule has 1 fully saturated rings. The monoisotopic (exact) mass is 277 g/mol. The molecule has 112 valence electrons. The van der Waals surface area contributed by atoms with Crippen molar-refractivity contribution in [3.63, 3.8) is 0 Å². The molecular weight excluding hydrogens is 250 g/mol. The van der Waals surface area contributed by atoms with Crippen LogP contribution in [0.2, 0.25) is 0 Å². The first-order valence-corrected chi connectivity index (χ1v) is 7.77. The highest BCUT2D eigenvalue weighted by Gasteiger charge is 2.20. The molecule has 0 amide bonds. The van der Waals surface area contributed by atoms with E-state index in [0.717, 1.165) is 30.7 Å². The zero-order valence-corrected chi connectivity index (χ0v) is 12.9. The molecule has 0 saturated heterocycles. The van der Waals surface area contributed by atoms with Gasteiger partial charge in [0.2, 0.25) is 0 Å². The summed E-state index contributed by atoms with van der Waals surface area (Å²) in [7, 11) is 1.81. The summed E-state index contributed by atoms with van der Waals surface area (Å²) in [6.07, 6.45) is 6.40. The molecule has 20 heavy (non-hydrogen) atoms. The molecule has 1 N–H and O–H groups in total. The SMILES string of the molecule is CCC(C)Oc1cccc(NC2CCC(OC)CC2)c1. The fraction of sp³-hybridized carbons (Fsp3) is 0.647. The Morgan fingerprint density at radius 3 is 2.65 bits per heavy atom. The molecule has 2 rings (SSSR count). The molecule has 0 aromatic heterocycles. The number of ether oxygens (including phenoxy) is 2. The predicted octanol–water partition coefficient (Wildman–Crippen LogP) is 4.23. The molecule has 0 radical (unpaired) electrons. The lowest BCUT2D eigenvalue weighted by molar-refractivity contribution is 0.0682. The molecule has 1 aromatic rings. The third-order valence-corrected chi connectivity index (χ3v) is 4.12. The average Bonchev–Trinajstić information content (AvgIpc) is 2.48. The Balaban J connectivity index is 1.88. The van der Waals surface area contributed by atoms with Gasteiger partial charge in [-0.2, -0.15) is 0 Å². The molecule has 0 bridgehead atoms. The first kappa shape index (κ1) is 15.2. The molecule has 1 aromatic carbocycles. The molecule has 0 heterocycles. The van der Waals surface area contributed by atoms with Gasteiger partial charge in [0.15, 0.2) is 0 Å². The van der Waals surface area contributed by atoms with E-state index in [4.69, 9.17) is 9.47 Å². The van der Waals surface area contributed by atoms with Crippen molar-refractivity contribution in [1.29, 1.82) is 0 Å². The molecule has 3 nitrogen and oxygen atoms in total. The van der Waals surface area contributed by atoms with Crippen molar-refractivity contribution in [1.82, 2.24) is 0 Å². The van der Waals surface area contributed by atoms with Crippen LogP contribution in [-0.4, -0.2) is 25.4 Å². The number of hydrogen-bond donors (Lipinski definition) is 1. The Morgan fingerprint density at radius 2 is 2.00 bits per heavy atom. The highest BCUT2D eigenvalue weighted by atomic mass is 16.5. The van der Waals surface area contributed by atoms with Crippen LogP contribution in [0.3, 0.4) is 0 Å². The first-order chi connectivity index (χ1) is 9.71. The van der Waals surface area contributed by atoms with Crippen LogP contribution in [0.15, 0.2) is 24.3 Å². The summed E-state index contributed by atoms with van der Waals surface area (Å²) < 4.78 is 11.3. The van der Waals surface area contributed by atoms with Crippen LogP contribution in [0, 0.1) is 0 Å². The molecule has 1 unspecified atom stereocenters. The topological polar surface area (TPSA) is 30.5 Å². The quantitative estimate of drug-likeness (QED) is 0.844. The Hall–Kier alpha value is -1.22.